The zero-order chi connectivity index (χ0) is 8.10. The van der Waals surface area contributed by atoms with Crippen LogP contribution in [0.2, 0.25) is 0 Å². The molecule has 0 radical (unpaired) electrons. The maximum absolute atomic E-state index is 3.20. The van der Waals surface area contributed by atoms with Gasteiger partial charge in [0.05, 0.1) is 0 Å². The topological polar surface area (TPSA) is 0 Å². The minimum Gasteiger partial charge on any atom is -1.00 e. The van der Waals surface area contributed by atoms with Gasteiger partial charge in [0.1, 0.15) is 0 Å². The average Bonchev–Trinajstić information content (AvgIpc) is 2.06. The van der Waals surface area contributed by atoms with E-state index in [1.807, 2.05) is 23.9 Å². The van der Waals surface area contributed by atoms with Gasteiger partial charge in [0.2, 0.25) is 0 Å². The van der Waals surface area contributed by atoms with Crippen molar-refractivity contribution in [1.82, 2.24) is 0 Å². The molecule has 0 amide bonds. The molecular weight excluding hydrogens is 256 g/mol. The summed E-state index contributed by atoms with van der Waals surface area (Å²) < 4.78 is 0. The number of rotatable bonds is 3. The second-order valence-corrected chi connectivity index (χ2v) is 4.04. The summed E-state index contributed by atoms with van der Waals surface area (Å²) in [6.07, 6.45) is 1.22. The Bertz CT molecular complexity index is 203. The van der Waals surface area contributed by atoms with Gasteiger partial charge < -0.3 is 17.0 Å². The molecule has 0 saturated carbocycles. The van der Waals surface area contributed by atoms with E-state index < -0.39 is 0 Å². The van der Waals surface area contributed by atoms with Crippen LogP contribution in [0.1, 0.15) is 20.3 Å². The first-order valence-corrected chi connectivity index (χ1v) is 4.84. The molecule has 1 aromatic rings. The van der Waals surface area contributed by atoms with E-state index in [1.54, 1.807) is 0 Å². The molecule has 13 heavy (non-hydrogen) atoms. The molecule has 68 valence electrons. The predicted octanol–water partition coefficient (Wildman–Crippen LogP) is 0.000590. The maximum Gasteiger partial charge on any atom is 2.00 e. The Balaban J connectivity index is 0. The summed E-state index contributed by atoms with van der Waals surface area (Å²) in [5, 5.41) is 0.702. The fourth-order valence-electron chi connectivity index (χ4n) is 0.750. The van der Waals surface area contributed by atoms with Gasteiger partial charge in [0.25, 0.3) is 0 Å². The van der Waals surface area contributed by atoms with E-state index in [4.69, 9.17) is 0 Å². The molecule has 0 aromatic heterocycles. The first kappa shape index (κ1) is 16.3. The standard InChI is InChI=1S/C10H13S.BrH.Mg/c1-3-9(2)11-10-7-5-4-6-8-10;;/h4-7,9H,3H2,1-2H3;1H;/q-1;;+2/p-1. The summed E-state index contributed by atoms with van der Waals surface area (Å²) in [5.74, 6) is 0. The summed E-state index contributed by atoms with van der Waals surface area (Å²) >= 11 is 1.89. The van der Waals surface area contributed by atoms with Crippen LogP contribution in [0.25, 0.3) is 0 Å². The summed E-state index contributed by atoms with van der Waals surface area (Å²) in [5.41, 5.74) is 0. The van der Waals surface area contributed by atoms with Crippen LogP contribution in [0.15, 0.2) is 29.2 Å². The summed E-state index contributed by atoms with van der Waals surface area (Å²) in [7, 11) is 0. The number of hydrogen-bond donors (Lipinski definition) is 0. The van der Waals surface area contributed by atoms with Crippen LogP contribution in [0, 0.1) is 6.07 Å². The van der Waals surface area contributed by atoms with Crippen molar-refractivity contribution in [3.63, 3.8) is 0 Å². The summed E-state index contributed by atoms with van der Waals surface area (Å²) in [6, 6.07) is 11.3. The number of halogens is 1. The van der Waals surface area contributed by atoms with Crippen molar-refractivity contribution < 1.29 is 17.0 Å². The van der Waals surface area contributed by atoms with Gasteiger partial charge >= 0.3 is 23.1 Å². The molecule has 0 aliphatic rings. The Kier molecular flexibility index (Phi) is 11.7. The van der Waals surface area contributed by atoms with Crippen LogP contribution in [-0.2, 0) is 0 Å². The van der Waals surface area contributed by atoms with Gasteiger partial charge in [-0.1, -0.05) is 13.8 Å². The summed E-state index contributed by atoms with van der Waals surface area (Å²) in [4.78, 5) is 1.25. The van der Waals surface area contributed by atoms with E-state index >= 15 is 0 Å². The van der Waals surface area contributed by atoms with Crippen LogP contribution >= 0.6 is 11.8 Å². The molecule has 0 aliphatic carbocycles. The largest absolute Gasteiger partial charge is 2.00 e. The molecule has 0 saturated heterocycles. The number of hydrogen-bond acceptors (Lipinski definition) is 1. The third-order valence-corrected chi connectivity index (χ3v) is 2.83. The molecule has 1 rings (SSSR count). The Morgan fingerprint density at radius 1 is 1.46 bits per heavy atom. The Hall–Kier alpha value is 0.816. The molecule has 0 fully saturated rings. The van der Waals surface area contributed by atoms with Crippen molar-refractivity contribution in [3.8, 4) is 0 Å². The van der Waals surface area contributed by atoms with E-state index in [0.29, 0.717) is 5.25 Å². The van der Waals surface area contributed by atoms with Gasteiger partial charge in [-0.25, -0.2) is 0 Å². The van der Waals surface area contributed by atoms with Gasteiger partial charge in [-0.2, -0.15) is 42.1 Å². The molecule has 1 atom stereocenters. The SMILES string of the molecule is CCC(C)Sc1[c-]cccc1.[Br-].[Mg+2]. The third-order valence-electron chi connectivity index (χ3n) is 1.58. The molecule has 0 N–H and O–H groups in total. The predicted molar refractivity (Wildman–Crippen MR) is 56.6 cm³/mol. The Morgan fingerprint density at radius 3 is 2.62 bits per heavy atom. The van der Waals surface area contributed by atoms with Crippen molar-refractivity contribution in [2.75, 3.05) is 0 Å². The Labute approximate surface area is 112 Å². The van der Waals surface area contributed by atoms with Crippen molar-refractivity contribution in [2.45, 2.75) is 30.4 Å². The number of benzene rings is 1. The average molecular weight is 269 g/mol. The fraction of sp³-hybridized carbons (Fsp3) is 0.400. The smallest absolute Gasteiger partial charge is 1.00 e. The van der Waals surface area contributed by atoms with E-state index in [1.165, 1.54) is 11.3 Å². The van der Waals surface area contributed by atoms with E-state index in [9.17, 15) is 0 Å². The van der Waals surface area contributed by atoms with E-state index in [2.05, 4.69) is 32.0 Å². The van der Waals surface area contributed by atoms with E-state index in [0.717, 1.165) is 0 Å². The van der Waals surface area contributed by atoms with Crippen molar-refractivity contribution in [2.24, 2.45) is 0 Å². The molecular formula is C10H13BrMgS. The van der Waals surface area contributed by atoms with Gasteiger partial charge in [-0.3, -0.25) is 0 Å². The van der Waals surface area contributed by atoms with Crippen LogP contribution in [0.5, 0.6) is 0 Å². The van der Waals surface area contributed by atoms with Crippen molar-refractivity contribution in [3.05, 3.63) is 30.3 Å². The molecule has 1 aromatic carbocycles. The van der Waals surface area contributed by atoms with Crippen molar-refractivity contribution >= 4 is 34.8 Å². The zero-order valence-corrected chi connectivity index (χ0v) is 11.9. The molecule has 0 bridgehead atoms. The fourth-order valence-corrected chi connectivity index (χ4v) is 1.64. The minimum atomic E-state index is 0. The third kappa shape index (κ3) is 6.83. The quantitative estimate of drug-likeness (QED) is 0.423. The molecule has 1 unspecified atom stereocenters. The molecule has 0 heterocycles. The molecule has 0 nitrogen and oxygen atoms in total. The van der Waals surface area contributed by atoms with Gasteiger partial charge in [-0.15, -0.1) is 4.90 Å². The van der Waals surface area contributed by atoms with Crippen LogP contribution in [0.3, 0.4) is 0 Å². The van der Waals surface area contributed by atoms with Crippen molar-refractivity contribution in [1.29, 1.82) is 0 Å². The maximum atomic E-state index is 3.20. The molecule has 0 spiro atoms. The zero-order valence-electron chi connectivity index (χ0n) is 8.09. The van der Waals surface area contributed by atoms with Crippen LogP contribution < -0.4 is 17.0 Å². The minimum absolute atomic E-state index is 0. The Morgan fingerprint density at radius 2 is 2.15 bits per heavy atom. The van der Waals surface area contributed by atoms with Crippen LogP contribution in [0.4, 0.5) is 0 Å². The molecule has 0 aliphatic heterocycles. The first-order chi connectivity index (χ1) is 5.33. The number of thioether (sulfide) groups is 1. The van der Waals surface area contributed by atoms with Gasteiger partial charge in [-0.05, 0) is 6.42 Å². The monoisotopic (exact) mass is 268 g/mol. The summed E-state index contributed by atoms with van der Waals surface area (Å²) in [6.45, 7) is 4.45. The second-order valence-electron chi connectivity index (χ2n) is 2.56. The van der Waals surface area contributed by atoms with Crippen LogP contribution in [-0.4, -0.2) is 28.3 Å². The van der Waals surface area contributed by atoms with Gasteiger partial charge in [0.15, 0.2) is 0 Å². The first-order valence-electron chi connectivity index (χ1n) is 3.96. The second kappa shape index (κ2) is 9.37. The van der Waals surface area contributed by atoms with E-state index in [-0.39, 0.29) is 40.0 Å². The van der Waals surface area contributed by atoms with Gasteiger partial charge in [0, 0.05) is 5.25 Å². The molecule has 3 heteroatoms. The normalized spacial score (nSPS) is 10.9.